The number of hydrazine groups is 1. The van der Waals surface area contributed by atoms with Crippen LogP contribution in [0.4, 0.5) is 0 Å². The second-order valence-corrected chi connectivity index (χ2v) is 6.54. The number of aromatic nitrogens is 1. The van der Waals surface area contributed by atoms with Gasteiger partial charge in [0.15, 0.2) is 0 Å². The summed E-state index contributed by atoms with van der Waals surface area (Å²) in [5.74, 6) is -0.542. The predicted octanol–water partition coefficient (Wildman–Crippen LogP) is 3.74. The van der Waals surface area contributed by atoms with Gasteiger partial charge in [0.05, 0.1) is 11.1 Å². The number of benzene rings is 2. The third kappa shape index (κ3) is 3.72. The molecular weight excluding hydrogens is 326 g/mol. The van der Waals surface area contributed by atoms with Crippen LogP contribution in [-0.4, -0.2) is 16.8 Å². The first-order chi connectivity index (χ1) is 12.5. The van der Waals surface area contributed by atoms with E-state index in [-0.39, 0.29) is 17.7 Å². The van der Waals surface area contributed by atoms with Gasteiger partial charge in [-0.15, -0.1) is 0 Å². The molecule has 0 radical (unpaired) electrons. The molecule has 1 aromatic heterocycles. The molecule has 0 aliphatic rings. The summed E-state index contributed by atoms with van der Waals surface area (Å²) in [4.78, 5) is 29.5. The molecule has 0 saturated heterocycles. The highest BCUT2D eigenvalue weighted by Gasteiger charge is 2.15. The SMILES string of the molecule is Cc1ccc(C(=O)NNC(=O)c2cc(C(C)C)nc3ccccc23)cc1. The van der Waals surface area contributed by atoms with Crippen LogP contribution in [0.2, 0.25) is 0 Å². The van der Waals surface area contributed by atoms with Crippen LogP contribution in [-0.2, 0) is 0 Å². The number of nitrogens with zero attached hydrogens (tertiary/aromatic N) is 1. The van der Waals surface area contributed by atoms with Crippen molar-refractivity contribution >= 4 is 22.7 Å². The maximum Gasteiger partial charge on any atom is 0.270 e. The third-order valence-electron chi connectivity index (χ3n) is 4.18. The molecule has 0 aliphatic heterocycles. The van der Waals surface area contributed by atoms with Crippen molar-refractivity contribution in [3.63, 3.8) is 0 Å². The molecule has 1 heterocycles. The van der Waals surface area contributed by atoms with Crippen LogP contribution < -0.4 is 10.9 Å². The van der Waals surface area contributed by atoms with E-state index < -0.39 is 0 Å². The van der Waals surface area contributed by atoms with Gasteiger partial charge in [-0.05, 0) is 37.1 Å². The molecule has 26 heavy (non-hydrogen) atoms. The summed E-state index contributed by atoms with van der Waals surface area (Å²) in [5, 5.41) is 0.749. The summed E-state index contributed by atoms with van der Waals surface area (Å²) < 4.78 is 0. The largest absolute Gasteiger partial charge is 0.270 e. The fourth-order valence-corrected chi connectivity index (χ4v) is 2.64. The molecule has 2 amide bonds. The fraction of sp³-hybridized carbons (Fsp3) is 0.190. The van der Waals surface area contributed by atoms with Crippen molar-refractivity contribution in [1.29, 1.82) is 0 Å². The van der Waals surface area contributed by atoms with Gasteiger partial charge < -0.3 is 0 Å². The van der Waals surface area contributed by atoms with E-state index in [1.165, 1.54) is 0 Å². The van der Waals surface area contributed by atoms with Crippen molar-refractivity contribution in [2.75, 3.05) is 0 Å². The number of pyridine rings is 1. The summed E-state index contributed by atoms with van der Waals surface area (Å²) in [6, 6.07) is 16.4. The number of hydrogen-bond acceptors (Lipinski definition) is 3. The molecule has 0 aliphatic carbocycles. The Labute approximate surface area is 152 Å². The molecule has 2 aromatic carbocycles. The van der Waals surface area contributed by atoms with Gasteiger partial charge in [0.2, 0.25) is 0 Å². The lowest BCUT2D eigenvalue weighted by molar-refractivity contribution is 0.0847. The van der Waals surface area contributed by atoms with Crippen molar-refractivity contribution in [1.82, 2.24) is 15.8 Å². The molecule has 132 valence electrons. The number of fused-ring (bicyclic) bond motifs is 1. The summed E-state index contributed by atoms with van der Waals surface area (Å²) in [7, 11) is 0. The number of aryl methyl sites for hydroxylation is 1. The number of nitrogens with one attached hydrogen (secondary N) is 2. The minimum absolute atomic E-state index is 0.188. The Morgan fingerprint density at radius 2 is 1.58 bits per heavy atom. The zero-order valence-electron chi connectivity index (χ0n) is 15.0. The minimum Gasteiger partial charge on any atom is -0.267 e. The Morgan fingerprint density at radius 1 is 0.923 bits per heavy atom. The Balaban J connectivity index is 1.83. The monoisotopic (exact) mass is 347 g/mol. The lowest BCUT2D eigenvalue weighted by Gasteiger charge is -2.12. The second kappa shape index (κ2) is 7.35. The lowest BCUT2D eigenvalue weighted by Crippen LogP contribution is -2.41. The molecule has 0 fully saturated rings. The van der Waals surface area contributed by atoms with E-state index in [1.807, 2.05) is 57.2 Å². The van der Waals surface area contributed by atoms with Gasteiger partial charge >= 0.3 is 0 Å². The maximum absolute atomic E-state index is 12.7. The first-order valence-electron chi connectivity index (χ1n) is 8.52. The van der Waals surface area contributed by atoms with E-state index in [0.29, 0.717) is 11.1 Å². The standard InChI is InChI=1S/C21H21N3O2/c1-13(2)19-12-17(16-6-4-5-7-18(16)22-19)21(26)24-23-20(25)15-10-8-14(3)9-11-15/h4-13H,1-3H3,(H,23,25)(H,24,26). The average molecular weight is 347 g/mol. The molecular formula is C21H21N3O2. The second-order valence-electron chi connectivity index (χ2n) is 6.54. The van der Waals surface area contributed by atoms with Gasteiger partial charge in [-0.1, -0.05) is 49.7 Å². The van der Waals surface area contributed by atoms with Crippen LogP contribution in [0.25, 0.3) is 10.9 Å². The molecule has 3 rings (SSSR count). The van der Waals surface area contributed by atoms with Crippen LogP contribution in [0.3, 0.4) is 0 Å². The van der Waals surface area contributed by atoms with Crippen molar-refractivity contribution in [3.8, 4) is 0 Å². The first-order valence-corrected chi connectivity index (χ1v) is 8.52. The predicted molar refractivity (Wildman–Crippen MR) is 102 cm³/mol. The fourth-order valence-electron chi connectivity index (χ4n) is 2.64. The number of carbonyl (C=O) groups is 2. The van der Waals surface area contributed by atoms with Crippen molar-refractivity contribution < 1.29 is 9.59 Å². The zero-order valence-corrected chi connectivity index (χ0v) is 15.0. The average Bonchev–Trinajstić information content (AvgIpc) is 2.65. The van der Waals surface area contributed by atoms with Crippen LogP contribution in [0.5, 0.6) is 0 Å². The van der Waals surface area contributed by atoms with E-state index in [4.69, 9.17) is 0 Å². The smallest absolute Gasteiger partial charge is 0.267 e. The highest BCUT2D eigenvalue weighted by molar-refractivity contribution is 6.07. The molecule has 0 saturated carbocycles. The van der Waals surface area contributed by atoms with Gasteiger partial charge in [0.25, 0.3) is 11.8 Å². The highest BCUT2D eigenvalue weighted by Crippen LogP contribution is 2.22. The molecule has 0 unspecified atom stereocenters. The van der Waals surface area contributed by atoms with Crippen LogP contribution >= 0.6 is 0 Å². The van der Waals surface area contributed by atoms with Gasteiger partial charge in [0, 0.05) is 16.6 Å². The number of amides is 2. The molecule has 5 nitrogen and oxygen atoms in total. The Bertz CT molecular complexity index is 963. The number of para-hydroxylation sites is 1. The van der Waals surface area contributed by atoms with Crippen molar-refractivity contribution in [2.24, 2.45) is 0 Å². The molecule has 0 spiro atoms. The molecule has 2 N–H and O–H groups in total. The lowest BCUT2D eigenvalue weighted by atomic mass is 10.0. The van der Waals surface area contributed by atoms with E-state index >= 15 is 0 Å². The summed E-state index contributed by atoms with van der Waals surface area (Å²) >= 11 is 0. The van der Waals surface area contributed by atoms with Gasteiger partial charge in [0.1, 0.15) is 0 Å². The normalized spacial score (nSPS) is 10.8. The quantitative estimate of drug-likeness (QED) is 0.709. The van der Waals surface area contributed by atoms with Gasteiger partial charge in [-0.2, -0.15) is 0 Å². The first kappa shape index (κ1) is 17.6. The molecule has 3 aromatic rings. The van der Waals surface area contributed by atoms with Gasteiger partial charge in [-0.25, -0.2) is 0 Å². The summed E-state index contributed by atoms with van der Waals surface area (Å²) in [5.41, 5.74) is 8.60. The van der Waals surface area contributed by atoms with Crippen LogP contribution in [0.15, 0.2) is 54.6 Å². The summed E-state index contributed by atoms with van der Waals surface area (Å²) in [6.45, 7) is 6.00. The minimum atomic E-state index is -0.369. The molecule has 0 atom stereocenters. The Hall–Kier alpha value is -3.21. The van der Waals surface area contributed by atoms with Crippen LogP contribution in [0, 0.1) is 6.92 Å². The topological polar surface area (TPSA) is 71.1 Å². The van der Waals surface area contributed by atoms with E-state index in [0.717, 1.165) is 22.2 Å². The number of hydrogen-bond donors (Lipinski definition) is 2. The zero-order chi connectivity index (χ0) is 18.7. The van der Waals surface area contributed by atoms with E-state index in [1.54, 1.807) is 18.2 Å². The third-order valence-corrected chi connectivity index (χ3v) is 4.18. The Kier molecular flexibility index (Phi) is 4.98. The number of carbonyl (C=O) groups excluding carboxylic acids is 2. The highest BCUT2D eigenvalue weighted by atomic mass is 16.2. The van der Waals surface area contributed by atoms with E-state index in [9.17, 15) is 9.59 Å². The van der Waals surface area contributed by atoms with Crippen molar-refractivity contribution in [3.05, 3.63) is 77.0 Å². The maximum atomic E-state index is 12.7. The summed E-state index contributed by atoms with van der Waals surface area (Å²) in [6.07, 6.45) is 0. The molecule has 0 bridgehead atoms. The van der Waals surface area contributed by atoms with Gasteiger partial charge in [-0.3, -0.25) is 25.4 Å². The Morgan fingerprint density at radius 3 is 2.27 bits per heavy atom. The number of rotatable bonds is 3. The van der Waals surface area contributed by atoms with Crippen molar-refractivity contribution in [2.45, 2.75) is 26.7 Å². The molecule has 5 heteroatoms. The van der Waals surface area contributed by atoms with Crippen LogP contribution in [0.1, 0.15) is 51.7 Å². The van der Waals surface area contributed by atoms with E-state index in [2.05, 4.69) is 15.8 Å².